The summed E-state index contributed by atoms with van der Waals surface area (Å²) in [5.41, 5.74) is 2.13. The number of benzene rings is 2. The van der Waals surface area contributed by atoms with Crippen molar-refractivity contribution in [3.05, 3.63) is 59.7 Å². The first-order valence-corrected chi connectivity index (χ1v) is 12.1. The van der Waals surface area contributed by atoms with Gasteiger partial charge in [-0.2, -0.15) is 0 Å². The second kappa shape index (κ2) is 11.0. The van der Waals surface area contributed by atoms with Crippen LogP contribution in [-0.4, -0.2) is 58.1 Å². The molecular formula is C23H31N3O5S. The van der Waals surface area contributed by atoms with E-state index in [0.29, 0.717) is 17.9 Å². The summed E-state index contributed by atoms with van der Waals surface area (Å²) in [6.07, 6.45) is 1.43. The fourth-order valence-corrected chi connectivity index (χ4v) is 4.23. The summed E-state index contributed by atoms with van der Waals surface area (Å²) in [6.45, 7) is 3.41. The van der Waals surface area contributed by atoms with Crippen molar-refractivity contribution < 1.29 is 22.7 Å². The topological polar surface area (TPSA) is 96.0 Å². The number of anilines is 1. The van der Waals surface area contributed by atoms with E-state index < -0.39 is 28.5 Å². The summed E-state index contributed by atoms with van der Waals surface area (Å²) in [7, 11) is -0.679. The van der Waals surface area contributed by atoms with Crippen molar-refractivity contribution in [2.75, 3.05) is 31.3 Å². The number of amides is 2. The number of nitrogens with one attached hydrogen (secondary N) is 1. The molecule has 0 heterocycles. The SMILES string of the molecule is CCC(C(=O)NC)N(Cc1cccc(OC)c1)C(=O)CN(c1ccc(C)cc1)S(C)(=O)=O. The van der Waals surface area contributed by atoms with E-state index in [-0.39, 0.29) is 12.5 Å². The molecule has 2 amide bonds. The van der Waals surface area contributed by atoms with Crippen molar-refractivity contribution in [2.24, 2.45) is 0 Å². The van der Waals surface area contributed by atoms with Crippen molar-refractivity contribution in [2.45, 2.75) is 32.9 Å². The van der Waals surface area contributed by atoms with Crippen molar-refractivity contribution in [1.29, 1.82) is 0 Å². The summed E-state index contributed by atoms with van der Waals surface area (Å²) in [5.74, 6) is -0.167. The zero-order chi connectivity index (χ0) is 23.9. The van der Waals surface area contributed by atoms with E-state index in [1.807, 2.05) is 13.0 Å². The normalized spacial score (nSPS) is 12.0. The van der Waals surface area contributed by atoms with E-state index in [0.717, 1.165) is 21.7 Å². The summed E-state index contributed by atoms with van der Waals surface area (Å²) >= 11 is 0. The molecule has 0 radical (unpaired) electrons. The smallest absolute Gasteiger partial charge is 0.244 e. The lowest BCUT2D eigenvalue weighted by atomic mass is 10.1. The Balaban J connectivity index is 2.42. The van der Waals surface area contributed by atoms with E-state index >= 15 is 0 Å². The standard InChI is InChI=1S/C23H31N3O5S/c1-6-21(23(28)24-3)25(15-18-8-7-9-20(14-18)31-4)22(27)16-26(32(5,29)30)19-12-10-17(2)11-13-19/h7-14,21H,6,15-16H2,1-5H3,(H,24,28). The monoisotopic (exact) mass is 461 g/mol. The highest BCUT2D eigenvalue weighted by Crippen LogP contribution is 2.21. The quantitative estimate of drug-likeness (QED) is 0.586. The fourth-order valence-electron chi connectivity index (χ4n) is 3.38. The average Bonchev–Trinajstić information content (AvgIpc) is 2.77. The highest BCUT2D eigenvalue weighted by molar-refractivity contribution is 7.92. The predicted octanol–water partition coefficient (Wildman–Crippen LogP) is 2.32. The molecule has 1 N–H and O–H groups in total. The first-order valence-electron chi connectivity index (χ1n) is 10.3. The van der Waals surface area contributed by atoms with E-state index in [1.54, 1.807) is 56.5 Å². The number of hydrogen-bond acceptors (Lipinski definition) is 5. The van der Waals surface area contributed by atoms with Crippen LogP contribution in [-0.2, 0) is 26.2 Å². The van der Waals surface area contributed by atoms with E-state index in [2.05, 4.69) is 5.32 Å². The maximum atomic E-state index is 13.4. The van der Waals surface area contributed by atoms with Crippen LogP contribution in [0.15, 0.2) is 48.5 Å². The molecule has 0 saturated heterocycles. The first kappa shape index (κ1) is 25.2. The van der Waals surface area contributed by atoms with Crippen LogP contribution in [0.25, 0.3) is 0 Å². The van der Waals surface area contributed by atoms with Gasteiger partial charge >= 0.3 is 0 Å². The Hall–Kier alpha value is -3.07. The molecule has 8 nitrogen and oxygen atoms in total. The van der Waals surface area contributed by atoms with Gasteiger partial charge in [-0.25, -0.2) is 8.42 Å². The number of likely N-dealkylation sites (N-methyl/N-ethyl adjacent to an activating group) is 1. The van der Waals surface area contributed by atoms with Gasteiger partial charge in [0.1, 0.15) is 18.3 Å². The maximum Gasteiger partial charge on any atom is 0.244 e. The lowest BCUT2D eigenvalue weighted by Gasteiger charge is -2.32. The Bertz CT molecular complexity index is 1040. The van der Waals surface area contributed by atoms with Gasteiger partial charge in [0.2, 0.25) is 21.8 Å². The van der Waals surface area contributed by atoms with Gasteiger partial charge in [-0.1, -0.05) is 36.8 Å². The third kappa shape index (κ3) is 6.46. The number of rotatable bonds is 10. The number of carbonyl (C=O) groups is 2. The predicted molar refractivity (Wildman–Crippen MR) is 125 cm³/mol. The van der Waals surface area contributed by atoms with Crippen LogP contribution in [0.2, 0.25) is 0 Å². The van der Waals surface area contributed by atoms with Crippen molar-refractivity contribution in [1.82, 2.24) is 10.2 Å². The van der Waals surface area contributed by atoms with Crippen LogP contribution in [0.3, 0.4) is 0 Å². The summed E-state index contributed by atoms with van der Waals surface area (Å²) in [5, 5.41) is 2.59. The van der Waals surface area contributed by atoms with Crippen LogP contribution in [0.4, 0.5) is 5.69 Å². The van der Waals surface area contributed by atoms with E-state index in [9.17, 15) is 18.0 Å². The molecule has 32 heavy (non-hydrogen) atoms. The van der Waals surface area contributed by atoms with Crippen LogP contribution in [0.5, 0.6) is 5.75 Å². The summed E-state index contributed by atoms with van der Waals surface area (Å²) in [6, 6.07) is 13.3. The molecule has 0 aliphatic carbocycles. The number of hydrogen-bond donors (Lipinski definition) is 1. The highest BCUT2D eigenvalue weighted by Gasteiger charge is 2.31. The van der Waals surface area contributed by atoms with E-state index in [1.165, 1.54) is 11.9 Å². The van der Waals surface area contributed by atoms with Gasteiger partial charge in [0.25, 0.3) is 0 Å². The molecule has 0 saturated carbocycles. The second-order valence-electron chi connectivity index (χ2n) is 7.52. The van der Waals surface area contributed by atoms with Gasteiger partial charge < -0.3 is 15.0 Å². The number of sulfonamides is 1. The molecule has 0 fully saturated rings. The van der Waals surface area contributed by atoms with Crippen LogP contribution < -0.4 is 14.4 Å². The molecular weight excluding hydrogens is 430 g/mol. The molecule has 0 aliphatic heterocycles. The van der Waals surface area contributed by atoms with Crippen molar-refractivity contribution >= 4 is 27.5 Å². The summed E-state index contributed by atoms with van der Waals surface area (Å²) in [4.78, 5) is 27.4. The summed E-state index contributed by atoms with van der Waals surface area (Å²) < 4.78 is 31.3. The number of carbonyl (C=O) groups excluding carboxylic acids is 2. The zero-order valence-electron chi connectivity index (χ0n) is 19.2. The number of ether oxygens (including phenoxy) is 1. The van der Waals surface area contributed by atoms with Gasteiger partial charge in [0, 0.05) is 13.6 Å². The molecule has 2 aromatic carbocycles. The van der Waals surface area contributed by atoms with Gasteiger partial charge in [0.15, 0.2) is 0 Å². The average molecular weight is 462 g/mol. The van der Waals surface area contributed by atoms with Gasteiger partial charge in [0.05, 0.1) is 19.1 Å². The zero-order valence-corrected chi connectivity index (χ0v) is 20.0. The molecule has 1 atom stereocenters. The third-order valence-electron chi connectivity index (χ3n) is 5.12. The molecule has 0 aromatic heterocycles. The maximum absolute atomic E-state index is 13.4. The lowest BCUT2D eigenvalue weighted by molar-refractivity contribution is -0.140. The fraction of sp³-hybridized carbons (Fsp3) is 0.391. The van der Waals surface area contributed by atoms with Crippen molar-refractivity contribution in [3.8, 4) is 5.75 Å². The molecule has 0 bridgehead atoms. The van der Waals surface area contributed by atoms with Crippen molar-refractivity contribution in [3.63, 3.8) is 0 Å². The molecule has 0 spiro atoms. The van der Waals surface area contributed by atoms with Crippen LogP contribution >= 0.6 is 0 Å². The number of nitrogens with zero attached hydrogens (tertiary/aromatic N) is 2. The Morgan fingerprint density at radius 2 is 1.78 bits per heavy atom. The second-order valence-corrected chi connectivity index (χ2v) is 9.42. The molecule has 174 valence electrons. The minimum absolute atomic E-state index is 0.132. The molecule has 2 rings (SSSR count). The Morgan fingerprint density at radius 3 is 2.31 bits per heavy atom. The Labute approximate surface area is 190 Å². The van der Waals surface area contributed by atoms with Gasteiger partial charge in [-0.05, 0) is 43.2 Å². The van der Waals surface area contributed by atoms with Gasteiger partial charge in [-0.15, -0.1) is 0 Å². The molecule has 2 aromatic rings. The molecule has 0 aliphatic rings. The minimum Gasteiger partial charge on any atom is -0.497 e. The molecule has 1 unspecified atom stereocenters. The van der Waals surface area contributed by atoms with Crippen LogP contribution in [0.1, 0.15) is 24.5 Å². The molecule has 9 heteroatoms. The Morgan fingerprint density at radius 1 is 1.12 bits per heavy atom. The first-order chi connectivity index (χ1) is 15.1. The highest BCUT2D eigenvalue weighted by atomic mass is 32.2. The van der Waals surface area contributed by atoms with Crippen LogP contribution in [0, 0.1) is 6.92 Å². The minimum atomic E-state index is -3.74. The largest absolute Gasteiger partial charge is 0.497 e. The third-order valence-corrected chi connectivity index (χ3v) is 6.26. The Kier molecular flexibility index (Phi) is 8.65. The number of aryl methyl sites for hydroxylation is 1. The van der Waals surface area contributed by atoms with E-state index in [4.69, 9.17) is 4.74 Å². The van der Waals surface area contributed by atoms with Gasteiger partial charge in [-0.3, -0.25) is 13.9 Å². The number of methoxy groups -OCH3 is 1. The lowest BCUT2D eigenvalue weighted by Crippen LogP contribution is -2.51.